The number of nitrogens with one attached hydrogen (secondary N) is 1. The molecule has 5 nitrogen and oxygen atoms in total. The highest BCUT2D eigenvalue weighted by Gasteiger charge is 2.31. The third-order valence-electron chi connectivity index (χ3n) is 4.85. The summed E-state index contributed by atoms with van der Waals surface area (Å²) in [4.78, 5) is 27.7. The van der Waals surface area contributed by atoms with Crippen LogP contribution in [0.1, 0.15) is 17.0 Å². The van der Waals surface area contributed by atoms with Crippen LogP contribution in [0.5, 0.6) is 0 Å². The molecule has 28 heavy (non-hydrogen) atoms. The van der Waals surface area contributed by atoms with Crippen LogP contribution in [0.3, 0.4) is 0 Å². The second kappa shape index (κ2) is 6.80. The normalized spacial score (nSPS) is 16.8. The van der Waals surface area contributed by atoms with E-state index in [4.69, 9.17) is 4.42 Å². The van der Waals surface area contributed by atoms with Gasteiger partial charge in [0.1, 0.15) is 5.52 Å². The Kier molecular flexibility index (Phi) is 4.13. The van der Waals surface area contributed by atoms with Gasteiger partial charge in [0.25, 0.3) is 5.24 Å². The van der Waals surface area contributed by atoms with Crippen molar-refractivity contribution in [2.75, 3.05) is 0 Å². The molecular formula is C22H16N2O3S. The molecule has 1 saturated heterocycles. The largest absolute Gasteiger partial charge is 0.440 e. The van der Waals surface area contributed by atoms with Crippen LogP contribution >= 0.6 is 11.8 Å². The number of fused-ring (bicyclic) bond motifs is 2. The summed E-state index contributed by atoms with van der Waals surface area (Å²) in [5, 5.41) is 4.06. The van der Waals surface area contributed by atoms with Crippen molar-refractivity contribution in [3.63, 3.8) is 0 Å². The Balaban J connectivity index is 1.38. The number of aromatic nitrogens is 1. The topological polar surface area (TPSA) is 72.2 Å². The first-order valence-corrected chi connectivity index (χ1v) is 9.89. The molecule has 6 heteroatoms. The lowest BCUT2D eigenvalue weighted by Gasteiger charge is -2.04. The second-order valence-electron chi connectivity index (χ2n) is 6.86. The molecule has 5 rings (SSSR count). The Labute approximate surface area is 165 Å². The van der Waals surface area contributed by atoms with Crippen molar-refractivity contribution in [3.05, 3.63) is 77.7 Å². The van der Waals surface area contributed by atoms with E-state index in [1.54, 1.807) is 0 Å². The van der Waals surface area contributed by atoms with E-state index in [1.165, 1.54) is 10.8 Å². The fourth-order valence-electron chi connectivity index (χ4n) is 3.49. The van der Waals surface area contributed by atoms with Crippen molar-refractivity contribution >= 4 is 44.8 Å². The Morgan fingerprint density at radius 2 is 1.79 bits per heavy atom. The zero-order valence-corrected chi connectivity index (χ0v) is 15.7. The van der Waals surface area contributed by atoms with Gasteiger partial charge in [-0.1, -0.05) is 60.3 Å². The number of imide groups is 1. The molecule has 0 spiro atoms. The van der Waals surface area contributed by atoms with Crippen molar-refractivity contribution < 1.29 is 14.0 Å². The number of benzene rings is 3. The fraction of sp³-hybridized carbons (Fsp3) is 0.136. The summed E-state index contributed by atoms with van der Waals surface area (Å²) in [6.45, 7) is 0. The number of nitrogens with zero attached hydrogens (tertiary/aromatic N) is 1. The number of hydrogen-bond acceptors (Lipinski definition) is 5. The molecule has 1 aliphatic heterocycles. The SMILES string of the molecule is O=C1NC(=O)[C@@H](Cc2ccc3oc(Cc4ccc5ccccc5c4)nc3c2)S1. The van der Waals surface area contributed by atoms with Crippen molar-refractivity contribution in [3.8, 4) is 0 Å². The van der Waals surface area contributed by atoms with Gasteiger partial charge in [-0.3, -0.25) is 14.9 Å². The van der Waals surface area contributed by atoms with Crippen LogP contribution in [0.15, 0.2) is 65.1 Å². The van der Waals surface area contributed by atoms with Crippen LogP contribution in [0, 0.1) is 0 Å². The summed E-state index contributed by atoms with van der Waals surface area (Å²) in [6.07, 6.45) is 1.11. The molecule has 1 N–H and O–H groups in total. The maximum absolute atomic E-state index is 11.8. The number of hydrogen-bond donors (Lipinski definition) is 1. The summed E-state index contributed by atoms with van der Waals surface area (Å²) in [6, 6.07) is 20.3. The zero-order valence-electron chi connectivity index (χ0n) is 14.8. The summed E-state index contributed by atoms with van der Waals surface area (Å²) >= 11 is 1.04. The minimum atomic E-state index is -0.381. The van der Waals surface area contributed by atoms with Crippen molar-refractivity contribution in [1.29, 1.82) is 0 Å². The summed E-state index contributed by atoms with van der Waals surface area (Å²) < 4.78 is 5.90. The first kappa shape index (κ1) is 17.0. The van der Waals surface area contributed by atoms with Gasteiger partial charge in [-0.15, -0.1) is 0 Å². The Hall–Kier alpha value is -3.12. The van der Waals surface area contributed by atoms with Crippen LogP contribution in [0.4, 0.5) is 4.79 Å². The molecule has 1 aliphatic rings. The Morgan fingerprint density at radius 3 is 2.61 bits per heavy atom. The Morgan fingerprint density at radius 1 is 0.964 bits per heavy atom. The fourth-order valence-corrected chi connectivity index (χ4v) is 4.35. The van der Waals surface area contributed by atoms with E-state index in [-0.39, 0.29) is 16.4 Å². The van der Waals surface area contributed by atoms with E-state index >= 15 is 0 Å². The standard InChI is InChI=1S/C22H16N2O3S/c25-21-19(28-22(26)24-21)11-14-6-8-18-17(10-14)23-20(27-18)12-13-5-7-15-3-1-2-4-16(15)9-13/h1-10,19H,11-12H2,(H,24,25,26)/t19-/m1/s1. The van der Waals surface area contributed by atoms with Crippen LogP contribution in [0.2, 0.25) is 0 Å². The average Bonchev–Trinajstić information content (AvgIpc) is 3.23. The molecular weight excluding hydrogens is 372 g/mol. The predicted molar refractivity (Wildman–Crippen MR) is 109 cm³/mol. The smallest absolute Gasteiger partial charge is 0.286 e. The molecule has 0 aliphatic carbocycles. The third-order valence-corrected chi connectivity index (χ3v) is 5.83. The predicted octanol–water partition coefficient (Wildman–Crippen LogP) is 4.47. The van der Waals surface area contributed by atoms with E-state index in [9.17, 15) is 9.59 Å². The molecule has 3 aromatic carbocycles. The molecule has 1 fully saturated rings. The van der Waals surface area contributed by atoms with Crippen molar-refractivity contribution in [2.45, 2.75) is 18.1 Å². The van der Waals surface area contributed by atoms with Crippen LogP contribution in [-0.2, 0) is 17.6 Å². The number of thioether (sulfide) groups is 1. The van der Waals surface area contributed by atoms with Gasteiger partial charge in [-0.05, 0) is 40.5 Å². The number of carbonyl (C=O) groups excluding carboxylic acids is 2. The van der Waals surface area contributed by atoms with Crippen LogP contribution < -0.4 is 5.32 Å². The van der Waals surface area contributed by atoms with Crippen molar-refractivity contribution in [2.24, 2.45) is 0 Å². The van der Waals surface area contributed by atoms with Gasteiger partial charge >= 0.3 is 0 Å². The summed E-state index contributed by atoms with van der Waals surface area (Å²) in [5.74, 6) is 0.429. The number of amides is 2. The highest BCUT2D eigenvalue weighted by atomic mass is 32.2. The van der Waals surface area contributed by atoms with Gasteiger partial charge in [0.05, 0.1) is 5.25 Å². The van der Waals surface area contributed by atoms with Gasteiger partial charge < -0.3 is 4.42 Å². The quantitative estimate of drug-likeness (QED) is 0.559. The Bertz CT molecular complexity index is 1230. The third kappa shape index (κ3) is 3.27. The molecule has 0 saturated carbocycles. The lowest BCUT2D eigenvalue weighted by molar-refractivity contribution is -0.118. The summed E-state index contributed by atoms with van der Waals surface area (Å²) in [7, 11) is 0. The van der Waals surface area contributed by atoms with E-state index in [0.717, 1.165) is 34.0 Å². The maximum Gasteiger partial charge on any atom is 0.286 e. The number of oxazole rings is 1. The van der Waals surface area contributed by atoms with Crippen LogP contribution in [0.25, 0.3) is 21.9 Å². The highest BCUT2D eigenvalue weighted by Crippen LogP contribution is 2.26. The monoisotopic (exact) mass is 388 g/mol. The molecule has 138 valence electrons. The van der Waals surface area contributed by atoms with Gasteiger partial charge in [0.2, 0.25) is 5.91 Å². The molecule has 1 atom stereocenters. The lowest BCUT2D eigenvalue weighted by atomic mass is 10.1. The van der Waals surface area contributed by atoms with E-state index < -0.39 is 0 Å². The second-order valence-corrected chi connectivity index (χ2v) is 8.03. The minimum Gasteiger partial charge on any atom is -0.440 e. The first-order valence-electron chi connectivity index (χ1n) is 9.01. The molecule has 2 amide bonds. The zero-order chi connectivity index (χ0) is 19.1. The minimum absolute atomic E-state index is 0.229. The van der Waals surface area contributed by atoms with E-state index in [0.29, 0.717) is 18.7 Å². The molecule has 2 heterocycles. The number of carbonyl (C=O) groups is 2. The summed E-state index contributed by atoms with van der Waals surface area (Å²) in [5.41, 5.74) is 3.59. The van der Waals surface area contributed by atoms with Gasteiger partial charge in [0, 0.05) is 6.42 Å². The van der Waals surface area contributed by atoms with E-state index in [1.807, 2.05) is 30.3 Å². The highest BCUT2D eigenvalue weighted by molar-refractivity contribution is 8.15. The van der Waals surface area contributed by atoms with Gasteiger partial charge in [-0.2, -0.15) is 0 Å². The molecule has 1 aromatic heterocycles. The van der Waals surface area contributed by atoms with Gasteiger partial charge in [0.15, 0.2) is 11.5 Å². The molecule has 0 bridgehead atoms. The number of rotatable bonds is 4. The van der Waals surface area contributed by atoms with Crippen molar-refractivity contribution in [1.82, 2.24) is 10.3 Å². The lowest BCUT2D eigenvalue weighted by Crippen LogP contribution is -2.25. The maximum atomic E-state index is 11.8. The average molecular weight is 388 g/mol. The van der Waals surface area contributed by atoms with Gasteiger partial charge in [-0.25, -0.2) is 4.98 Å². The molecule has 0 unspecified atom stereocenters. The van der Waals surface area contributed by atoms with E-state index in [2.05, 4.69) is 40.6 Å². The first-order chi connectivity index (χ1) is 13.6. The molecule has 0 radical (unpaired) electrons. The van der Waals surface area contributed by atoms with Crippen LogP contribution in [-0.4, -0.2) is 21.4 Å². The molecule has 4 aromatic rings.